The number of hydrogen-bond acceptors (Lipinski definition) is 3. The van der Waals surface area contributed by atoms with Crippen molar-refractivity contribution in [1.29, 1.82) is 0 Å². The van der Waals surface area contributed by atoms with E-state index in [2.05, 4.69) is 0 Å². The van der Waals surface area contributed by atoms with Gasteiger partial charge in [0, 0.05) is 26.2 Å². The van der Waals surface area contributed by atoms with E-state index >= 15 is 0 Å². The molecule has 5 nitrogen and oxygen atoms in total. The second-order valence-electron chi connectivity index (χ2n) is 8.45. The number of nitrogens with zero attached hydrogens (tertiary/aromatic N) is 2. The predicted octanol–water partition coefficient (Wildman–Crippen LogP) is 4.17. The number of carbonyl (C=O) groups is 1. The average Bonchev–Trinajstić information content (AvgIpc) is 2.73. The summed E-state index contributed by atoms with van der Waals surface area (Å²) in [5.74, 6) is 1.18. The van der Waals surface area contributed by atoms with Crippen LogP contribution in [0.1, 0.15) is 61.7 Å². The standard InChI is InChI=1S/C21H29ClN2O3S/c22-20-9-8-18(28(26,27)24-11-4-1-5-12-24)14-19(20)21(25)23-13-10-16-6-2-3-7-17(16)15-23/h8-9,14,16-17H,1-7,10-13,15H2/t16-,17+/m1/s1. The summed E-state index contributed by atoms with van der Waals surface area (Å²) < 4.78 is 27.5. The van der Waals surface area contributed by atoms with Gasteiger partial charge in [-0.3, -0.25) is 4.79 Å². The number of halogens is 1. The minimum Gasteiger partial charge on any atom is -0.338 e. The van der Waals surface area contributed by atoms with Crippen molar-refractivity contribution in [3.63, 3.8) is 0 Å². The third kappa shape index (κ3) is 3.96. The van der Waals surface area contributed by atoms with Gasteiger partial charge in [-0.1, -0.05) is 37.3 Å². The molecule has 0 spiro atoms. The zero-order chi connectivity index (χ0) is 19.7. The molecule has 0 aromatic heterocycles. The van der Waals surface area contributed by atoms with Crippen molar-refractivity contribution in [3.8, 4) is 0 Å². The van der Waals surface area contributed by atoms with E-state index in [1.165, 1.54) is 42.1 Å². The van der Waals surface area contributed by atoms with Crippen LogP contribution in [0.25, 0.3) is 0 Å². The minimum atomic E-state index is -3.58. The topological polar surface area (TPSA) is 57.7 Å². The van der Waals surface area contributed by atoms with Crippen LogP contribution in [0, 0.1) is 11.8 Å². The van der Waals surface area contributed by atoms with Gasteiger partial charge >= 0.3 is 0 Å². The third-order valence-electron chi connectivity index (χ3n) is 6.70. The van der Waals surface area contributed by atoms with Gasteiger partial charge < -0.3 is 4.90 Å². The second-order valence-corrected chi connectivity index (χ2v) is 10.8. The van der Waals surface area contributed by atoms with Gasteiger partial charge in [-0.2, -0.15) is 4.31 Å². The summed E-state index contributed by atoms with van der Waals surface area (Å²) >= 11 is 6.33. The predicted molar refractivity (Wildman–Crippen MR) is 110 cm³/mol. The summed E-state index contributed by atoms with van der Waals surface area (Å²) in [7, 11) is -3.58. The highest BCUT2D eigenvalue weighted by molar-refractivity contribution is 7.89. The summed E-state index contributed by atoms with van der Waals surface area (Å²) in [6, 6.07) is 4.57. The molecule has 3 aliphatic rings. The van der Waals surface area contributed by atoms with Crippen molar-refractivity contribution in [3.05, 3.63) is 28.8 Å². The summed E-state index contributed by atoms with van der Waals surface area (Å²) in [6.07, 6.45) is 8.88. The van der Waals surface area contributed by atoms with Crippen molar-refractivity contribution in [1.82, 2.24) is 9.21 Å². The Morgan fingerprint density at radius 1 is 0.929 bits per heavy atom. The molecule has 3 fully saturated rings. The summed E-state index contributed by atoms with van der Waals surface area (Å²) in [5.41, 5.74) is 0.314. The molecule has 2 aliphatic heterocycles. The first kappa shape index (κ1) is 20.2. The Labute approximate surface area is 173 Å². The fraction of sp³-hybridized carbons (Fsp3) is 0.667. The van der Waals surface area contributed by atoms with Crippen LogP contribution in [-0.4, -0.2) is 49.7 Å². The molecule has 2 saturated heterocycles. The number of likely N-dealkylation sites (tertiary alicyclic amines) is 1. The van der Waals surface area contributed by atoms with Crippen molar-refractivity contribution in [2.24, 2.45) is 11.8 Å². The van der Waals surface area contributed by atoms with Crippen LogP contribution in [0.5, 0.6) is 0 Å². The van der Waals surface area contributed by atoms with Gasteiger partial charge in [-0.15, -0.1) is 0 Å². The summed E-state index contributed by atoms with van der Waals surface area (Å²) in [6.45, 7) is 2.59. The molecular formula is C21H29ClN2O3S. The lowest BCUT2D eigenvalue weighted by Gasteiger charge is -2.41. The maximum atomic E-state index is 13.2. The molecule has 1 amide bonds. The highest BCUT2D eigenvalue weighted by atomic mass is 35.5. The van der Waals surface area contributed by atoms with Crippen LogP contribution < -0.4 is 0 Å². The molecule has 2 atom stereocenters. The van der Waals surface area contributed by atoms with Crippen LogP contribution in [0.15, 0.2) is 23.1 Å². The first-order chi connectivity index (χ1) is 13.5. The minimum absolute atomic E-state index is 0.135. The fourth-order valence-electron chi connectivity index (χ4n) is 5.04. The quantitative estimate of drug-likeness (QED) is 0.731. The number of benzene rings is 1. The molecule has 1 saturated carbocycles. The number of piperidine rings is 2. The molecule has 0 bridgehead atoms. The summed E-state index contributed by atoms with van der Waals surface area (Å²) in [4.78, 5) is 15.2. The van der Waals surface area contributed by atoms with Crippen LogP contribution in [0.3, 0.4) is 0 Å². The Bertz CT molecular complexity index is 836. The second kappa shape index (κ2) is 8.33. The van der Waals surface area contributed by atoms with Crippen LogP contribution >= 0.6 is 11.6 Å². The Kier molecular flexibility index (Phi) is 6.00. The zero-order valence-electron chi connectivity index (χ0n) is 16.3. The van der Waals surface area contributed by atoms with Crippen LogP contribution in [0.4, 0.5) is 0 Å². The van der Waals surface area contributed by atoms with Crippen molar-refractivity contribution >= 4 is 27.5 Å². The monoisotopic (exact) mass is 424 g/mol. The smallest absolute Gasteiger partial charge is 0.255 e. The van der Waals surface area contributed by atoms with Gasteiger partial charge in [0.05, 0.1) is 15.5 Å². The molecule has 1 aromatic carbocycles. The number of hydrogen-bond donors (Lipinski definition) is 0. The maximum absolute atomic E-state index is 13.2. The Morgan fingerprint density at radius 2 is 1.64 bits per heavy atom. The van der Waals surface area contributed by atoms with Crippen LogP contribution in [-0.2, 0) is 10.0 Å². The Morgan fingerprint density at radius 3 is 2.39 bits per heavy atom. The Balaban J connectivity index is 1.56. The first-order valence-electron chi connectivity index (χ1n) is 10.6. The zero-order valence-corrected chi connectivity index (χ0v) is 17.8. The lowest BCUT2D eigenvalue weighted by molar-refractivity contribution is 0.0521. The molecule has 0 unspecified atom stereocenters. The largest absolute Gasteiger partial charge is 0.338 e. The van der Waals surface area contributed by atoms with Gasteiger partial charge in [0.2, 0.25) is 10.0 Å². The molecule has 2 heterocycles. The van der Waals surface area contributed by atoms with E-state index < -0.39 is 10.0 Å². The van der Waals surface area contributed by atoms with E-state index in [0.29, 0.717) is 29.6 Å². The van der Waals surface area contributed by atoms with Gasteiger partial charge in [0.1, 0.15) is 0 Å². The first-order valence-corrected chi connectivity index (χ1v) is 12.4. The number of rotatable bonds is 3. The van der Waals surface area contributed by atoms with Gasteiger partial charge in [0.15, 0.2) is 0 Å². The van der Waals surface area contributed by atoms with E-state index in [4.69, 9.17) is 11.6 Å². The molecule has 0 radical (unpaired) electrons. The fourth-order valence-corrected chi connectivity index (χ4v) is 6.78. The van der Waals surface area contributed by atoms with Crippen molar-refractivity contribution < 1.29 is 13.2 Å². The lowest BCUT2D eigenvalue weighted by atomic mass is 9.75. The van der Waals surface area contributed by atoms with Crippen molar-refractivity contribution in [2.45, 2.75) is 56.3 Å². The molecule has 28 heavy (non-hydrogen) atoms. The molecule has 0 N–H and O–H groups in total. The highest BCUT2D eigenvalue weighted by Crippen LogP contribution is 2.37. The number of amides is 1. The highest BCUT2D eigenvalue weighted by Gasteiger charge is 2.34. The SMILES string of the molecule is O=C(c1cc(S(=O)(=O)N2CCCCC2)ccc1Cl)N1CC[C@H]2CCCC[C@H]2C1. The lowest BCUT2D eigenvalue weighted by Crippen LogP contribution is -2.44. The van der Waals surface area contributed by atoms with E-state index in [-0.39, 0.29) is 10.8 Å². The summed E-state index contributed by atoms with van der Waals surface area (Å²) in [5, 5.41) is 0.327. The van der Waals surface area contributed by atoms with Crippen LogP contribution in [0.2, 0.25) is 5.02 Å². The van der Waals surface area contributed by atoms with E-state index in [0.717, 1.165) is 44.7 Å². The molecule has 1 aromatic rings. The molecule has 4 rings (SSSR count). The van der Waals surface area contributed by atoms with Gasteiger partial charge in [-0.05, 0) is 55.7 Å². The maximum Gasteiger partial charge on any atom is 0.255 e. The average molecular weight is 425 g/mol. The van der Waals surface area contributed by atoms with Crippen molar-refractivity contribution in [2.75, 3.05) is 26.2 Å². The number of carbonyl (C=O) groups excluding carboxylic acids is 1. The molecule has 154 valence electrons. The van der Waals surface area contributed by atoms with Gasteiger partial charge in [0.25, 0.3) is 5.91 Å². The molecule has 1 aliphatic carbocycles. The third-order valence-corrected chi connectivity index (χ3v) is 8.92. The normalized spacial score (nSPS) is 26.7. The molecular weight excluding hydrogens is 396 g/mol. The number of fused-ring (bicyclic) bond motifs is 1. The molecule has 7 heteroatoms. The van der Waals surface area contributed by atoms with E-state index in [1.807, 2.05) is 4.90 Å². The Hall–Kier alpha value is -1.11. The van der Waals surface area contributed by atoms with E-state index in [9.17, 15) is 13.2 Å². The van der Waals surface area contributed by atoms with Gasteiger partial charge in [-0.25, -0.2) is 8.42 Å². The van der Waals surface area contributed by atoms with E-state index in [1.54, 1.807) is 6.07 Å². The number of sulfonamides is 1.